The maximum absolute atomic E-state index is 12.6. The number of urea groups is 1. The maximum atomic E-state index is 12.6. The van der Waals surface area contributed by atoms with Crippen molar-refractivity contribution < 1.29 is 4.79 Å². The number of likely N-dealkylation sites (tertiary alicyclic amines) is 1. The number of carbonyl (C=O) groups excluding carboxylic acids is 1. The molecule has 1 aromatic heterocycles. The van der Waals surface area contributed by atoms with Crippen molar-refractivity contribution in [2.24, 2.45) is 0 Å². The Labute approximate surface area is 162 Å². The number of carbonyl (C=O) groups is 1. The van der Waals surface area contributed by atoms with E-state index in [9.17, 15) is 4.79 Å². The number of nitrogens with one attached hydrogen (secondary N) is 1. The lowest BCUT2D eigenvalue weighted by Crippen LogP contribution is -2.47. The normalized spacial score (nSPS) is 18.1. The Hall–Kier alpha value is -2.50. The van der Waals surface area contributed by atoms with Gasteiger partial charge in [-0.1, -0.05) is 23.5 Å². The Morgan fingerprint density at radius 3 is 2.56 bits per heavy atom. The van der Waals surface area contributed by atoms with Gasteiger partial charge in [-0.3, -0.25) is 5.32 Å². The summed E-state index contributed by atoms with van der Waals surface area (Å²) in [6, 6.07) is 10.2. The third-order valence-electron chi connectivity index (χ3n) is 5.33. The molecule has 1 aliphatic heterocycles. The van der Waals surface area contributed by atoms with Gasteiger partial charge in [-0.25, -0.2) is 4.79 Å². The molecule has 1 saturated carbocycles. The maximum Gasteiger partial charge on any atom is 0.323 e. The molecule has 2 amide bonds. The van der Waals surface area contributed by atoms with E-state index < -0.39 is 0 Å². The molecule has 1 aromatic carbocycles. The van der Waals surface area contributed by atoms with E-state index in [1.165, 1.54) is 24.2 Å². The van der Waals surface area contributed by atoms with E-state index >= 15 is 0 Å². The molecular weight excluding hydrogens is 360 g/mol. The number of amides is 2. The van der Waals surface area contributed by atoms with Crippen molar-refractivity contribution in [2.75, 3.05) is 25.5 Å². The molecule has 0 bridgehead atoms. The average molecular weight is 382 g/mol. The van der Waals surface area contributed by atoms with Crippen LogP contribution in [0.2, 0.25) is 0 Å². The van der Waals surface area contributed by atoms with Gasteiger partial charge in [-0.15, -0.1) is 10.2 Å². The van der Waals surface area contributed by atoms with Crippen molar-refractivity contribution in [1.29, 1.82) is 5.26 Å². The molecular formula is C19H22N6OS. The number of hydrogen-bond donors (Lipinski definition) is 1. The fourth-order valence-corrected chi connectivity index (χ4v) is 4.24. The first-order valence-corrected chi connectivity index (χ1v) is 10.1. The Kier molecular flexibility index (Phi) is 5.05. The molecule has 2 aliphatic rings. The van der Waals surface area contributed by atoms with Gasteiger partial charge in [0.2, 0.25) is 5.13 Å². The molecule has 2 aromatic rings. The number of nitrogens with zero attached hydrogens (tertiary/aromatic N) is 5. The first-order chi connectivity index (χ1) is 13.1. The predicted molar refractivity (Wildman–Crippen MR) is 104 cm³/mol. The quantitative estimate of drug-likeness (QED) is 0.878. The SMILES string of the molecule is CN(C(=O)Nc1nnc(-c2ccc(C#N)cc2)s1)C1CCN(C2CC2)CC1. The van der Waals surface area contributed by atoms with Gasteiger partial charge in [-0.2, -0.15) is 5.26 Å². The van der Waals surface area contributed by atoms with Gasteiger partial charge in [0.1, 0.15) is 5.01 Å². The highest BCUT2D eigenvalue weighted by molar-refractivity contribution is 7.18. The molecule has 1 saturated heterocycles. The van der Waals surface area contributed by atoms with Gasteiger partial charge in [0.05, 0.1) is 11.6 Å². The van der Waals surface area contributed by atoms with Crippen molar-refractivity contribution in [3.05, 3.63) is 29.8 Å². The van der Waals surface area contributed by atoms with Crippen LogP contribution in [0.15, 0.2) is 24.3 Å². The molecule has 0 atom stereocenters. The minimum Gasteiger partial charge on any atom is -0.324 e. The van der Waals surface area contributed by atoms with E-state index in [1.807, 2.05) is 19.2 Å². The zero-order valence-corrected chi connectivity index (χ0v) is 16.1. The van der Waals surface area contributed by atoms with Crippen LogP contribution in [-0.2, 0) is 0 Å². The van der Waals surface area contributed by atoms with Crippen molar-refractivity contribution in [3.8, 4) is 16.6 Å². The van der Waals surface area contributed by atoms with Gasteiger partial charge < -0.3 is 9.80 Å². The Bertz CT molecular complexity index is 846. The summed E-state index contributed by atoms with van der Waals surface area (Å²) in [7, 11) is 1.86. The van der Waals surface area contributed by atoms with Crippen LogP contribution in [0.1, 0.15) is 31.2 Å². The monoisotopic (exact) mass is 382 g/mol. The van der Waals surface area contributed by atoms with Crippen molar-refractivity contribution >= 4 is 22.5 Å². The van der Waals surface area contributed by atoms with E-state index in [2.05, 4.69) is 26.5 Å². The van der Waals surface area contributed by atoms with Crippen LogP contribution in [0.25, 0.3) is 10.6 Å². The number of nitriles is 1. The van der Waals surface area contributed by atoms with E-state index in [0.717, 1.165) is 42.5 Å². The zero-order chi connectivity index (χ0) is 18.8. The molecule has 0 radical (unpaired) electrons. The Balaban J connectivity index is 1.34. The molecule has 2 heterocycles. The van der Waals surface area contributed by atoms with Gasteiger partial charge in [0, 0.05) is 37.8 Å². The minimum absolute atomic E-state index is 0.137. The van der Waals surface area contributed by atoms with E-state index in [4.69, 9.17) is 5.26 Å². The summed E-state index contributed by atoms with van der Waals surface area (Å²) >= 11 is 1.33. The van der Waals surface area contributed by atoms with Crippen molar-refractivity contribution in [2.45, 2.75) is 37.8 Å². The smallest absolute Gasteiger partial charge is 0.323 e. The van der Waals surface area contributed by atoms with Crippen molar-refractivity contribution in [3.63, 3.8) is 0 Å². The predicted octanol–water partition coefficient (Wildman–Crippen LogP) is 3.17. The number of aromatic nitrogens is 2. The molecule has 1 N–H and O–H groups in total. The summed E-state index contributed by atoms with van der Waals surface area (Å²) in [6.45, 7) is 2.16. The third-order valence-corrected chi connectivity index (χ3v) is 6.22. The Morgan fingerprint density at radius 1 is 1.22 bits per heavy atom. The highest BCUT2D eigenvalue weighted by Crippen LogP contribution is 2.30. The number of hydrogen-bond acceptors (Lipinski definition) is 6. The zero-order valence-electron chi connectivity index (χ0n) is 15.3. The largest absolute Gasteiger partial charge is 0.324 e. The van der Waals surface area contributed by atoms with Crippen LogP contribution in [0.3, 0.4) is 0 Å². The first-order valence-electron chi connectivity index (χ1n) is 9.26. The molecule has 7 nitrogen and oxygen atoms in total. The highest BCUT2D eigenvalue weighted by atomic mass is 32.1. The summed E-state index contributed by atoms with van der Waals surface area (Å²) in [5.74, 6) is 0. The lowest BCUT2D eigenvalue weighted by atomic mass is 10.0. The number of benzene rings is 1. The van der Waals surface area contributed by atoms with Gasteiger partial charge in [0.25, 0.3) is 0 Å². The fraction of sp³-hybridized carbons (Fsp3) is 0.474. The van der Waals surface area contributed by atoms with Gasteiger partial charge in [0.15, 0.2) is 0 Å². The van der Waals surface area contributed by atoms with Crippen LogP contribution in [0.4, 0.5) is 9.93 Å². The van der Waals surface area contributed by atoms with Crippen LogP contribution in [0, 0.1) is 11.3 Å². The summed E-state index contributed by atoms with van der Waals surface area (Å²) in [6.07, 6.45) is 4.71. The second-order valence-corrected chi connectivity index (χ2v) is 8.12. The second kappa shape index (κ2) is 7.62. The number of anilines is 1. The summed E-state index contributed by atoms with van der Waals surface area (Å²) < 4.78 is 0. The molecule has 0 spiro atoms. The van der Waals surface area contributed by atoms with Crippen molar-refractivity contribution in [1.82, 2.24) is 20.0 Å². The molecule has 4 rings (SSSR count). The van der Waals surface area contributed by atoms with Crippen LogP contribution >= 0.6 is 11.3 Å². The molecule has 2 fully saturated rings. The van der Waals surface area contributed by atoms with Crippen LogP contribution in [0.5, 0.6) is 0 Å². The summed E-state index contributed by atoms with van der Waals surface area (Å²) in [5, 5.41) is 21.2. The molecule has 1 aliphatic carbocycles. The lowest BCUT2D eigenvalue weighted by molar-refractivity contribution is 0.137. The van der Waals surface area contributed by atoms with E-state index in [0.29, 0.717) is 10.7 Å². The average Bonchev–Trinajstić information content (AvgIpc) is 3.46. The molecule has 0 unspecified atom stereocenters. The minimum atomic E-state index is -0.137. The molecule has 140 valence electrons. The molecule has 8 heteroatoms. The number of piperidine rings is 1. The van der Waals surface area contributed by atoms with Gasteiger partial charge in [-0.05, 0) is 37.8 Å². The third kappa shape index (κ3) is 4.10. The topological polar surface area (TPSA) is 85.1 Å². The molecule has 27 heavy (non-hydrogen) atoms. The van der Waals surface area contributed by atoms with E-state index in [1.54, 1.807) is 17.0 Å². The van der Waals surface area contributed by atoms with E-state index in [-0.39, 0.29) is 12.1 Å². The highest BCUT2D eigenvalue weighted by Gasteiger charge is 2.33. The summed E-state index contributed by atoms with van der Waals surface area (Å²) in [4.78, 5) is 16.9. The Morgan fingerprint density at radius 2 is 1.93 bits per heavy atom. The van der Waals surface area contributed by atoms with Crippen LogP contribution < -0.4 is 5.32 Å². The van der Waals surface area contributed by atoms with Crippen LogP contribution in [-0.4, -0.2) is 58.2 Å². The number of rotatable bonds is 4. The summed E-state index contributed by atoms with van der Waals surface area (Å²) in [5.41, 5.74) is 1.49. The second-order valence-electron chi connectivity index (χ2n) is 7.14. The standard InChI is InChI=1S/C19H22N6OS/c1-24(15-8-10-25(11-9-15)16-6-7-16)19(26)21-18-23-22-17(27-18)14-4-2-13(12-20)3-5-14/h2-5,15-16H,6-11H2,1H3,(H,21,23,26). The fourth-order valence-electron chi connectivity index (χ4n) is 3.50. The first kappa shape index (κ1) is 17.9. The lowest BCUT2D eigenvalue weighted by Gasteiger charge is -2.36. The van der Waals surface area contributed by atoms with Gasteiger partial charge >= 0.3 is 6.03 Å².